The Labute approximate surface area is 263 Å². The van der Waals surface area contributed by atoms with Crippen molar-refractivity contribution in [1.29, 1.82) is 0 Å². The third kappa shape index (κ3) is 8.73. The van der Waals surface area contributed by atoms with Gasteiger partial charge in [-0.15, -0.1) is 0 Å². The standard InChI is InChI=1S/C35H50N2O6Si/c1-34(2,3)42-33(39)24-40-27-14-12-13-25(19-27)30(22-37-18-17-28(21-37)43-44(8,9)35(4,5)6)36(7)32(38)20-26-23-41-31-16-11-10-15-29(26)31/h10-16,19,23,28,30H,17-18,20-22,24H2,1-9H3. The SMILES string of the molecule is CN(C(=O)Cc1coc2ccccc12)C(CN1CCC(O[Si](C)(C)C(C)(C)C)C1)c1cccc(OCC(=O)OC(C)(C)C)c1. The molecule has 44 heavy (non-hydrogen) atoms. The molecule has 1 amide bonds. The number of rotatable bonds is 11. The maximum absolute atomic E-state index is 13.8. The molecule has 0 bridgehead atoms. The average molecular weight is 623 g/mol. The van der Waals surface area contributed by atoms with Gasteiger partial charge in [-0.3, -0.25) is 9.69 Å². The van der Waals surface area contributed by atoms with Crippen LogP contribution in [0.3, 0.4) is 0 Å². The van der Waals surface area contributed by atoms with E-state index in [1.165, 1.54) is 0 Å². The molecule has 1 aliphatic heterocycles. The number of nitrogens with zero attached hydrogens (tertiary/aromatic N) is 2. The van der Waals surface area contributed by atoms with E-state index in [0.717, 1.165) is 41.6 Å². The summed E-state index contributed by atoms with van der Waals surface area (Å²) in [4.78, 5) is 30.3. The molecule has 3 aromatic rings. The van der Waals surface area contributed by atoms with Gasteiger partial charge in [0.1, 0.15) is 16.9 Å². The highest BCUT2D eigenvalue weighted by Gasteiger charge is 2.41. The van der Waals surface area contributed by atoms with Crippen LogP contribution in [0, 0.1) is 0 Å². The number of carbonyl (C=O) groups is 2. The van der Waals surface area contributed by atoms with Crippen molar-refractivity contribution in [3.05, 3.63) is 65.9 Å². The average Bonchev–Trinajstić information content (AvgIpc) is 3.55. The first-order valence-corrected chi connectivity index (χ1v) is 18.5. The smallest absolute Gasteiger partial charge is 0.344 e. The number of furan rings is 1. The zero-order valence-corrected chi connectivity index (χ0v) is 28.9. The summed E-state index contributed by atoms with van der Waals surface area (Å²) in [6, 6.07) is 15.2. The Morgan fingerprint density at radius 1 is 1.07 bits per heavy atom. The minimum atomic E-state index is -1.90. The molecular weight excluding hydrogens is 572 g/mol. The monoisotopic (exact) mass is 622 g/mol. The first kappa shape index (κ1) is 33.7. The number of likely N-dealkylation sites (tertiary alicyclic amines) is 1. The summed E-state index contributed by atoms with van der Waals surface area (Å²) < 4.78 is 23.7. The second-order valence-electron chi connectivity index (χ2n) is 14.5. The van der Waals surface area contributed by atoms with E-state index in [0.29, 0.717) is 12.3 Å². The Morgan fingerprint density at radius 2 is 1.80 bits per heavy atom. The number of ether oxygens (including phenoxy) is 2. The van der Waals surface area contributed by atoms with Crippen molar-refractivity contribution in [2.24, 2.45) is 0 Å². The Bertz CT molecular complexity index is 1440. The van der Waals surface area contributed by atoms with Crippen LogP contribution in [-0.4, -0.2) is 75.0 Å². The summed E-state index contributed by atoms with van der Waals surface area (Å²) in [6.45, 7) is 19.1. The minimum Gasteiger partial charge on any atom is -0.482 e. The van der Waals surface area contributed by atoms with Gasteiger partial charge >= 0.3 is 5.97 Å². The maximum atomic E-state index is 13.8. The number of esters is 1. The van der Waals surface area contributed by atoms with Gasteiger partial charge in [0.05, 0.1) is 24.8 Å². The molecule has 1 aromatic heterocycles. The van der Waals surface area contributed by atoms with Crippen LogP contribution in [0.1, 0.15) is 65.1 Å². The molecular formula is C35H50N2O6Si. The lowest BCUT2D eigenvalue weighted by molar-refractivity contribution is -0.157. The molecule has 0 aliphatic carbocycles. The molecule has 2 heterocycles. The van der Waals surface area contributed by atoms with Gasteiger partial charge in [-0.1, -0.05) is 51.1 Å². The second-order valence-corrected chi connectivity index (χ2v) is 19.2. The van der Waals surface area contributed by atoms with Crippen LogP contribution in [0.5, 0.6) is 5.75 Å². The zero-order valence-electron chi connectivity index (χ0n) is 27.9. The van der Waals surface area contributed by atoms with E-state index >= 15 is 0 Å². The van der Waals surface area contributed by atoms with Crippen molar-refractivity contribution in [2.45, 2.75) is 90.3 Å². The van der Waals surface area contributed by atoms with Crippen molar-refractivity contribution in [3.63, 3.8) is 0 Å². The number of likely N-dealkylation sites (N-methyl/N-ethyl adjacent to an activating group) is 1. The van der Waals surface area contributed by atoms with E-state index < -0.39 is 19.9 Å². The number of hydrogen-bond acceptors (Lipinski definition) is 7. The van der Waals surface area contributed by atoms with Crippen molar-refractivity contribution in [2.75, 3.05) is 33.3 Å². The third-order valence-electron chi connectivity index (χ3n) is 8.71. The minimum absolute atomic E-state index is 0.00472. The van der Waals surface area contributed by atoms with E-state index in [1.54, 1.807) is 6.26 Å². The first-order valence-electron chi connectivity index (χ1n) is 15.6. The molecule has 0 N–H and O–H groups in total. The van der Waals surface area contributed by atoms with Crippen LogP contribution in [-0.2, 0) is 25.2 Å². The highest BCUT2D eigenvalue weighted by molar-refractivity contribution is 6.74. The highest BCUT2D eigenvalue weighted by Crippen LogP contribution is 2.38. The highest BCUT2D eigenvalue weighted by atomic mass is 28.4. The summed E-state index contributed by atoms with van der Waals surface area (Å²) in [5, 5.41) is 1.10. The van der Waals surface area contributed by atoms with Crippen LogP contribution >= 0.6 is 0 Å². The predicted octanol–water partition coefficient (Wildman–Crippen LogP) is 6.99. The van der Waals surface area contributed by atoms with Crippen LogP contribution in [0.2, 0.25) is 18.1 Å². The van der Waals surface area contributed by atoms with Crippen LogP contribution in [0.4, 0.5) is 0 Å². The molecule has 2 atom stereocenters. The summed E-state index contributed by atoms with van der Waals surface area (Å²) in [7, 11) is -0.0335. The van der Waals surface area contributed by atoms with E-state index in [-0.39, 0.29) is 36.1 Å². The van der Waals surface area contributed by atoms with Crippen molar-refractivity contribution in [1.82, 2.24) is 9.80 Å². The molecule has 240 valence electrons. The molecule has 8 nitrogen and oxygen atoms in total. The molecule has 1 aliphatic rings. The lowest BCUT2D eigenvalue weighted by Gasteiger charge is -2.38. The van der Waals surface area contributed by atoms with Crippen LogP contribution in [0.15, 0.2) is 59.2 Å². The van der Waals surface area contributed by atoms with Gasteiger partial charge in [0.2, 0.25) is 5.91 Å². The van der Waals surface area contributed by atoms with Gasteiger partial charge in [-0.2, -0.15) is 0 Å². The topological polar surface area (TPSA) is 81.5 Å². The van der Waals surface area contributed by atoms with E-state index in [9.17, 15) is 9.59 Å². The van der Waals surface area contributed by atoms with Crippen LogP contribution in [0.25, 0.3) is 11.0 Å². The lowest BCUT2D eigenvalue weighted by Crippen LogP contribution is -2.45. The molecule has 1 saturated heterocycles. The maximum Gasteiger partial charge on any atom is 0.344 e. The number of fused-ring (bicyclic) bond motifs is 1. The van der Waals surface area contributed by atoms with Crippen LogP contribution < -0.4 is 4.74 Å². The molecule has 2 unspecified atom stereocenters. The summed E-state index contributed by atoms with van der Waals surface area (Å²) in [5.74, 6) is 0.124. The summed E-state index contributed by atoms with van der Waals surface area (Å²) in [6.07, 6.45) is 3.06. The number of amides is 1. The molecule has 2 aromatic carbocycles. The van der Waals surface area contributed by atoms with Gasteiger partial charge in [0.25, 0.3) is 0 Å². The van der Waals surface area contributed by atoms with Crippen molar-refractivity contribution < 1.29 is 27.9 Å². The number of carbonyl (C=O) groups excluding carboxylic acids is 2. The van der Waals surface area contributed by atoms with Gasteiger partial charge in [-0.25, -0.2) is 4.79 Å². The molecule has 1 fully saturated rings. The largest absolute Gasteiger partial charge is 0.482 e. The Morgan fingerprint density at radius 3 is 2.50 bits per heavy atom. The van der Waals surface area contributed by atoms with Gasteiger partial charge in [-0.05, 0) is 69.1 Å². The fourth-order valence-corrected chi connectivity index (χ4v) is 6.68. The van der Waals surface area contributed by atoms with E-state index in [1.807, 2.05) is 81.2 Å². The van der Waals surface area contributed by atoms with Gasteiger partial charge in [0.15, 0.2) is 14.9 Å². The quantitative estimate of drug-likeness (QED) is 0.168. The Balaban J connectivity index is 1.53. The summed E-state index contributed by atoms with van der Waals surface area (Å²) in [5.41, 5.74) is 2.00. The molecule has 0 spiro atoms. The first-order chi connectivity index (χ1) is 20.5. The lowest BCUT2D eigenvalue weighted by atomic mass is 10.0. The normalized spacial score (nSPS) is 17.1. The second kappa shape index (κ2) is 13.5. The fourth-order valence-electron chi connectivity index (χ4n) is 5.30. The van der Waals surface area contributed by atoms with E-state index in [2.05, 4.69) is 38.8 Å². The molecule has 0 saturated carbocycles. The number of hydrogen-bond donors (Lipinski definition) is 0. The Hall–Kier alpha value is -3.14. The fraction of sp³-hybridized carbons (Fsp3) is 0.543. The van der Waals surface area contributed by atoms with Gasteiger partial charge in [0, 0.05) is 37.6 Å². The molecule has 9 heteroatoms. The third-order valence-corrected chi connectivity index (χ3v) is 13.2. The Kier molecular flexibility index (Phi) is 10.3. The predicted molar refractivity (Wildman–Crippen MR) is 176 cm³/mol. The molecule has 4 rings (SSSR count). The van der Waals surface area contributed by atoms with Crippen molar-refractivity contribution >= 4 is 31.2 Å². The molecule has 0 radical (unpaired) electrons. The van der Waals surface area contributed by atoms with Gasteiger partial charge < -0.3 is 23.2 Å². The van der Waals surface area contributed by atoms with E-state index in [4.69, 9.17) is 18.3 Å². The van der Waals surface area contributed by atoms with Crippen molar-refractivity contribution in [3.8, 4) is 5.75 Å². The summed E-state index contributed by atoms with van der Waals surface area (Å²) >= 11 is 0. The zero-order chi connectivity index (χ0) is 32.3. The number of benzene rings is 2. The number of para-hydroxylation sites is 1.